The fourth-order valence-corrected chi connectivity index (χ4v) is 3.57. The van der Waals surface area contributed by atoms with Gasteiger partial charge < -0.3 is 14.4 Å². The van der Waals surface area contributed by atoms with Gasteiger partial charge in [-0.1, -0.05) is 31.2 Å². The molecule has 0 amide bonds. The van der Waals surface area contributed by atoms with E-state index < -0.39 is 7.60 Å². The van der Waals surface area contributed by atoms with Crippen molar-refractivity contribution in [3.63, 3.8) is 0 Å². The average molecular weight is 308 g/mol. The molecule has 0 spiro atoms. The summed E-state index contributed by atoms with van der Waals surface area (Å²) < 4.78 is 22.9. The molecule has 0 aromatic heterocycles. The summed E-state index contributed by atoms with van der Waals surface area (Å²) >= 11 is 0. The number of fused-ring (bicyclic) bond motifs is 1. The summed E-state index contributed by atoms with van der Waals surface area (Å²) in [6, 6.07) is 8.02. The molecule has 1 atom stereocenters. The zero-order valence-electron chi connectivity index (χ0n) is 12.8. The molecule has 1 aliphatic heterocycles. The van der Waals surface area contributed by atoms with Crippen LogP contribution in [0, 0.1) is 0 Å². The SMILES string of the molecule is CCN=C1NC(P(=O)(OC)OC)=CC(C)c2ccccc21. The lowest BCUT2D eigenvalue weighted by Gasteiger charge is -2.18. The van der Waals surface area contributed by atoms with Gasteiger partial charge in [-0.2, -0.15) is 0 Å². The molecule has 0 saturated heterocycles. The topological polar surface area (TPSA) is 59.9 Å². The van der Waals surface area contributed by atoms with Gasteiger partial charge in [-0.25, -0.2) is 0 Å². The summed E-state index contributed by atoms with van der Waals surface area (Å²) in [6.45, 7) is 4.63. The van der Waals surface area contributed by atoms with E-state index in [0.717, 1.165) is 11.1 Å². The Hall–Kier alpha value is -1.42. The fraction of sp³-hybridized carbons (Fsp3) is 0.400. The smallest absolute Gasteiger partial charge is 0.334 e. The minimum absolute atomic E-state index is 0.0758. The van der Waals surface area contributed by atoms with Crippen LogP contribution in [0.2, 0.25) is 0 Å². The number of nitrogens with zero attached hydrogens (tertiary/aromatic N) is 1. The number of allylic oxidation sites excluding steroid dienone is 1. The van der Waals surface area contributed by atoms with Crippen molar-refractivity contribution in [1.29, 1.82) is 0 Å². The zero-order chi connectivity index (χ0) is 15.5. The van der Waals surface area contributed by atoms with Crippen LogP contribution in [0.5, 0.6) is 0 Å². The molecule has 114 valence electrons. The van der Waals surface area contributed by atoms with Crippen LogP contribution in [-0.4, -0.2) is 26.6 Å². The fourth-order valence-electron chi connectivity index (χ4n) is 2.38. The van der Waals surface area contributed by atoms with Gasteiger partial charge in [0.05, 0.1) is 0 Å². The molecule has 1 unspecified atom stereocenters. The molecule has 1 aromatic carbocycles. The number of benzene rings is 1. The largest absolute Gasteiger partial charge is 0.376 e. The number of amidine groups is 1. The first-order valence-corrected chi connectivity index (χ1v) is 8.44. The summed E-state index contributed by atoms with van der Waals surface area (Å²) in [4.78, 5) is 4.48. The van der Waals surface area contributed by atoms with E-state index >= 15 is 0 Å². The van der Waals surface area contributed by atoms with Crippen LogP contribution in [0.1, 0.15) is 30.9 Å². The first-order chi connectivity index (χ1) is 10.1. The Labute approximate surface area is 125 Å². The molecule has 2 rings (SSSR count). The van der Waals surface area contributed by atoms with Crippen LogP contribution in [0.15, 0.2) is 40.8 Å². The van der Waals surface area contributed by atoms with Crippen LogP contribution in [-0.2, 0) is 13.6 Å². The summed E-state index contributed by atoms with van der Waals surface area (Å²) in [7, 11) is -0.580. The maximum absolute atomic E-state index is 12.7. The van der Waals surface area contributed by atoms with Gasteiger partial charge in [0, 0.05) is 32.2 Å². The Morgan fingerprint density at radius 1 is 1.29 bits per heavy atom. The minimum Gasteiger partial charge on any atom is -0.334 e. The van der Waals surface area contributed by atoms with E-state index in [1.807, 2.05) is 38.1 Å². The second-order valence-electron chi connectivity index (χ2n) is 4.74. The van der Waals surface area contributed by atoms with Crippen molar-refractivity contribution >= 4 is 13.4 Å². The van der Waals surface area contributed by atoms with Gasteiger partial charge in [-0.3, -0.25) is 9.56 Å². The number of nitrogens with one attached hydrogen (secondary N) is 1. The molecule has 0 radical (unpaired) electrons. The molecule has 0 bridgehead atoms. The summed E-state index contributed by atoms with van der Waals surface area (Å²) in [5.41, 5.74) is 2.58. The van der Waals surface area contributed by atoms with Crippen molar-refractivity contribution in [2.75, 3.05) is 20.8 Å². The van der Waals surface area contributed by atoms with E-state index in [2.05, 4.69) is 16.4 Å². The molecule has 0 saturated carbocycles. The third kappa shape index (κ3) is 3.10. The maximum atomic E-state index is 12.7. The molecule has 1 aromatic rings. The standard InChI is InChI=1S/C15H21N2O3P/c1-5-16-15-13-9-7-6-8-12(13)11(2)10-14(17-15)21(18,19-3)20-4/h6-11H,5H2,1-4H3,(H,16,17). The Kier molecular flexibility index (Phi) is 4.99. The van der Waals surface area contributed by atoms with Crippen molar-refractivity contribution in [2.45, 2.75) is 19.8 Å². The van der Waals surface area contributed by atoms with Crippen LogP contribution in [0.25, 0.3) is 0 Å². The van der Waals surface area contributed by atoms with Gasteiger partial charge in [-0.05, 0) is 18.6 Å². The highest BCUT2D eigenvalue weighted by molar-refractivity contribution is 7.58. The summed E-state index contributed by atoms with van der Waals surface area (Å²) in [5, 5.41) is 3.14. The van der Waals surface area contributed by atoms with Crippen molar-refractivity contribution in [3.05, 3.63) is 46.9 Å². The van der Waals surface area contributed by atoms with Gasteiger partial charge in [0.25, 0.3) is 0 Å². The minimum atomic E-state index is -3.34. The third-order valence-corrected chi connectivity index (χ3v) is 5.27. The monoisotopic (exact) mass is 308 g/mol. The number of aliphatic imine (C=N–C) groups is 1. The second-order valence-corrected chi connectivity index (χ2v) is 6.95. The summed E-state index contributed by atoms with van der Waals surface area (Å²) in [5.74, 6) is 0.768. The molecule has 1 N–H and O–H groups in total. The van der Waals surface area contributed by atoms with Gasteiger partial charge in [0.2, 0.25) is 0 Å². The first kappa shape index (κ1) is 16.0. The highest BCUT2D eigenvalue weighted by Gasteiger charge is 2.32. The average Bonchev–Trinajstić information content (AvgIpc) is 2.65. The first-order valence-electron chi connectivity index (χ1n) is 6.90. The normalized spacial score (nSPS) is 20.5. The molecule has 1 heterocycles. The quantitative estimate of drug-likeness (QED) is 0.865. The zero-order valence-corrected chi connectivity index (χ0v) is 13.7. The Morgan fingerprint density at radius 3 is 2.57 bits per heavy atom. The predicted octanol–water partition coefficient (Wildman–Crippen LogP) is 3.49. The highest BCUT2D eigenvalue weighted by atomic mass is 31.2. The van der Waals surface area contributed by atoms with Crippen molar-refractivity contribution in [1.82, 2.24) is 5.32 Å². The molecule has 0 aliphatic carbocycles. The van der Waals surface area contributed by atoms with E-state index in [1.54, 1.807) is 0 Å². The molecule has 5 nitrogen and oxygen atoms in total. The van der Waals surface area contributed by atoms with Crippen LogP contribution < -0.4 is 5.32 Å². The van der Waals surface area contributed by atoms with E-state index in [9.17, 15) is 4.57 Å². The van der Waals surface area contributed by atoms with Gasteiger partial charge >= 0.3 is 7.60 Å². The lowest BCUT2D eigenvalue weighted by atomic mass is 9.96. The third-order valence-electron chi connectivity index (χ3n) is 3.45. The lowest BCUT2D eigenvalue weighted by Crippen LogP contribution is -2.24. The number of rotatable bonds is 4. The molecule has 21 heavy (non-hydrogen) atoms. The van der Waals surface area contributed by atoms with Crippen molar-refractivity contribution < 1.29 is 13.6 Å². The van der Waals surface area contributed by atoms with Crippen molar-refractivity contribution in [2.24, 2.45) is 4.99 Å². The molecular weight excluding hydrogens is 287 g/mol. The van der Waals surface area contributed by atoms with Crippen LogP contribution >= 0.6 is 7.60 Å². The predicted molar refractivity (Wildman–Crippen MR) is 84.8 cm³/mol. The lowest BCUT2D eigenvalue weighted by molar-refractivity contribution is 0.281. The van der Waals surface area contributed by atoms with E-state index in [4.69, 9.17) is 9.05 Å². The molecule has 0 fully saturated rings. The van der Waals surface area contributed by atoms with Gasteiger partial charge in [-0.15, -0.1) is 0 Å². The molecule has 1 aliphatic rings. The van der Waals surface area contributed by atoms with E-state index in [-0.39, 0.29) is 5.92 Å². The van der Waals surface area contributed by atoms with Crippen molar-refractivity contribution in [3.8, 4) is 0 Å². The van der Waals surface area contributed by atoms with Crippen LogP contribution in [0.4, 0.5) is 0 Å². The highest BCUT2D eigenvalue weighted by Crippen LogP contribution is 2.54. The number of hydrogen-bond acceptors (Lipinski definition) is 4. The van der Waals surface area contributed by atoms with Crippen LogP contribution in [0.3, 0.4) is 0 Å². The molecular formula is C15H21N2O3P. The molecule has 6 heteroatoms. The second kappa shape index (κ2) is 6.56. The van der Waals surface area contributed by atoms with Gasteiger partial charge in [0.15, 0.2) is 0 Å². The Balaban J connectivity index is 2.57. The Morgan fingerprint density at radius 2 is 1.95 bits per heavy atom. The summed E-state index contributed by atoms with van der Waals surface area (Å²) in [6.07, 6.45) is 1.88. The van der Waals surface area contributed by atoms with E-state index in [1.165, 1.54) is 14.2 Å². The number of hydrogen-bond donors (Lipinski definition) is 1. The van der Waals surface area contributed by atoms with Gasteiger partial charge in [0.1, 0.15) is 11.3 Å². The maximum Gasteiger partial charge on any atom is 0.376 e. The Bertz CT molecular complexity index is 617. The van der Waals surface area contributed by atoms with E-state index in [0.29, 0.717) is 17.8 Å².